The van der Waals surface area contributed by atoms with Crippen molar-refractivity contribution in [1.82, 2.24) is 4.72 Å². The first-order chi connectivity index (χ1) is 9.23. The summed E-state index contributed by atoms with van der Waals surface area (Å²) in [6.45, 7) is 4.42. The van der Waals surface area contributed by atoms with Crippen LogP contribution in [-0.4, -0.2) is 27.2 Å². The first-order valence-electron chi connectivity index (χ1n) is 6.41. The second-order valence-electron chi connectivity index (χ2n) is 5.42. The van der Waals surface area contributed by atoms with Gasteiger partial charge in [0, 0.05) is 18.8 Å². The summed E-state index contributed by atoms with van der Waals surface area (Å²) in [5.74, 6) is -0.612. The smallest absolute Gasteiger partial charge is 0.241 e. The first kappa shape index (κ1) is 15.2. The Morgan fingerprint density at radius 3 is 2.55 bits per heavy atom. The van der Waals surface area contributed by atoms with Gasteiger partial charge in [-0.25, -0.2) is 17.5 Å². The van der Waals surface area contributed by atoms with Crippen LogP contribution in [0.15, 0.2) is 17.0 Å². The molecule has 0 amide bonds. The second-order valence-corrected chi connectivity index (χ2v) is 7.07. The van der Waals surface area contributed by atoms with E-state index in [0.717, 1.165) is 12.1 Å². The Bertz CT molecular complexity index is 610. The van der Waals surface area contributed by atoms with Gasteiger partial charge in [-0.05, 0) is 44.4 Å². The highest BCUT2D eigenvalue weighted by molar-refractivity contribution is 7.89. The molecule has 0 saturated carbocycles. The molecule has 3 N–H and O–H groups in total. The minimum Gasteiger partial charge on any atom is -0.396 e. The van der Waals surface area contributed by atoms with Crippen molar-refractivity contribution in [3.63, 3.8) is 0 Å². The Balaban J connectivity index is 2.33. The Kier molecular flexibility index (Phi) is 4.04. The van der Waals surface area contributed by atoms with Crippen LogP contribution in [0.1, 0.15) is 25.3 Å². The van der Waals surface area contributed by atoms with E-state index in [1.807, 2.05) is 6.92 Å². The molecule has 1 fully saturated rings. The van der Waals surface area contributed by atoms with Gasteiger partial charge in [-0.3, -0.25) is 0 Å². The number of nitrogen functional groups attached to an aromatic ring is 1. The van der Waals surface area contributed by atoms with Gasteiger partial charge in [0.05, 0.1) is 10.6 Å². The van der Waals surface area contributed by atoms with Crippen LogP contribution in [-0.2, 0) is 14.8 Å². The molecule has 1 aliphatic heterocycles. The summed E-state index contributed by atoms with van der Waals surface area (Å²) in [5, 5.41) is 0. The molecule has 0 spiro atoms. The number of nitrogens with one attached hydrogen (secondary N) is 1. The standard InChI is InChI=1S/C13H19FN2O3S/c1-9-7-10(14)11(15)8-12(9)20(17,18)16-13(2)3-5-19-6-4-13/h7-8,16H,3-6,15H2,1-2H3. The number of rotatable bonds is 3. The number of halogens is 1. The largest absolute Gasteiger partial charge is 0.396 e. The number of nitrogens with two attached hydrogens (primary N) is 1. The molecule has 1 heterocycles. The highest BCUT2D eigenvalue weighted by Gasteiger charge is 2.33. The number of ether oxygens (including phenoxy) is 1. The van der Waals surface area contributed by atoms with Gasteiger partial charge < -0.3 is 10.5 Å². The van der Waals surface area contributed by atoms with E-state index in [2.05, 4.69) is 4.72 Å². The molecule has 0 bridgehead atoms. The maximum Gasteiger partial charge on any atom is 0.241 e. The van der Waals surface area contributed by atoms with Crippen molar-refractivity contribution in [2.45, 2.75) is 37.1 Å². The molecule has 1 aromatic carbocycles. The van der Waals surface area contributed by atoms with E-state index in [9.17, 15) is 12.8 Å². The van der Waals surface area contributed by atoms with E-state index in [1.54, 1.807) is 6.92 Å². The van der Waals surface area contributed by atoms with Crippen molar-refractivity contribution in [3.05, 3.63) is 23.5 Å². The average molecular weight is 302 g/mol. The number of hydrogen-bond acceptors (Lipinski definition) is 4. The summed E-state index contributed by atoms with van der Waals surface area (Å²) in [7, 11) is -3.74. The fourth-order valence-corrected chi connectivity index (χ4v) is 3.99. The molecule has 0 aromatic heterocycles. The van der Waals surface area contributed by atoms with Gasteiger partial charge in [-0.1, -0.05) is 0 Å². The lowest BCUT2D eigenvalue weighted by molar-refractivity contribution is 0.0537. The Labute approximate surface area is 118 Å². The number of aryl methyl sites for hydroxylation is 1. The lowest BCUT2D eigenvalue weighted by Crippen LogP contribution is -2.49. The van der Waals surface area contributed by atoms with E-state index in [-0.39, 0.29) is 10.6 Å². The van der Waals surface area contributed by atoms with Crippen molar-refractivity contribution in [2.75, 3.05) is 18.9 Å². The van der Waals surface area contributed by atoms with Crippen molar-refractivity contribution in [2.24, 2.45) is 0 Å². The van der Waals surface area contributed by atoms with Gasteiger partial charge in [-0.2, -0.15) is 0 Å². The summed E-state index contributed by atoms with van der Waals surface area (Å²) in [6.07, 6.45) is 1.20. The summed E-state index contributed by atoms with van der Waals surface area (Å²) < 4.78 is 46.2. The van der Waals surface area contributed by atoms with E-state index >= 15 is 0 Å². The van der Waals surface area contributed by atoms with Crippen LogP contribution in [0.25, 0.3) is 0 Å². The van der Waals surface area contributed by atoms with Gasteiger partial charge in [0.25, 0.3) is 0 Å². The van der Waals surface area contributed by atoms with E-state index in [4.69, 9.17) is 10.5 Å². The normalized spacial score (nSPS) is 18.9. The number of hydrogen-bond donors (Lipinski definition) is 2. The molecule has 0 aliphatic carbocycles. The van der Waals surface area contributed by atoms with Gasteiger partial charge in [0.2, 0.25) is 10.0 Å². The number of sulfonamides is 1. The number of benzene rings is 1. The molecular weight excluding hydrogens is 283 g/mol. The van der Waals surface area contributed by atoms with Gasteiger partial charge in [0.15, 0.2) is 0 Å². The van der Waals surface area contributed by atoms with Gasteiger partial charge in [0.1, 0.15) is 5.82 Å². The molecule has 0 radical (unpaired) electrons. The third-order valence-corrected chi connectivity index (χ3v) is 5.34. The predicted molar refractivity (Wildman–Crippen MR) is 74.3 cm³/mol. The average Bonchev–Trinajstić information content (AvgIpc) is 2.33. The number of anilines is 1. The van der Waals surface area contributed by atoms with Crippen LogP contribution in [0.2, 0.25) is 0 Å². The lowest BCUT2D eigenvalue weighted by atomic mass is 9.94. The van der Waals surface area contributed by atoms with Crippen molar-refractivity contribution < 1.29 is 17.5 Å². The summed E-state index contributed by atoms with van der Waals surface area (Å²) in [6, 6.07) is 2.30. The van der Waals surface area contributed by atoms with Gasteiger partial charge in [-0.15, -0.1) is 0 Å². The molecule has 1 saturated heterocycles. The zero-order valence-electron chi connectivity index (χ0n) is 11.6. The highest BCUT2D eigenvalue weighted by Crippen LogP contribution is 2.26. The van der Waals surface area contributed by atoms with Crippen molar-refractivity contribution >= 4 is 15.7 Å². The molecule has 7 heteroatoms. The van der Waals surface area contributed by atoms with Crippen molar-refractivity contribution in [1.29, 1.82) is 0 Å². The van der Waals surface area contributed by atoms with E-state index in [0.29, 0.717) is 31.6 Å². The molecule has 0 unspecified atom stereocenters. The Morgan fingerprint density at radius 1 is 1.35 bits per heavy atom. The van der Waals surface area contributed by atoms with Crippen LogP contribution >= 0.6 is 0 Å². The van der Waals surface area contributed by atoms with Crippen LogP contribution < -0.4 is 10.5 Å². The minimum absolute atomic E-state index is 0.0177. The molecule has 1 aliphatic rings. The molecule has 0 atom stereocenters. The Hall–Kier alpha value is -1.18. The summed E-state index contributed by atoms with van der Waals surface area (Å²) in [5.41, 5.74) is 5.08. The molecular formula is C13H19FN2O3S. The van der Waals surface area contributed by atoms with Gasteiger partial charge >= 0.3 is 0 Å². The van der Waals surface area contributed by atoms with Crippen LogP contribution in [0.3, 0.4) is 0 Å². The zero-order valence-corrected chi connectivity index (χ0v) is 12.4. The SMILES string of the molecule is Cc1cc(F)c(N)cc1S(=O)(=O)NC1(C)CCOCC1. The third kappa shape index (κ3) is 3.11. The quantitative estimate of drug-likeness (QED) is 0.830. The lowest BCUT2D eigenvalue weighted by Gasteiger charge is -2.34. The molecule has 2 rings (SSSR count). The molecule has 112 valence electrons. The first-order valence-corrected chi connectivity index (χ1v) is 7.89. The van der Waals surface area contributed by atoms with Crippen LogP contribution in [0, 0.1) is 12.7 Å². The zero-order chi connectivity index (χ0) is 15.0. The maximum atomic E-state index is 13.3. The second kappa shape index (κ2) is 5.31. The molecule has 20 heavy (non-hydrogen) atoms. The fraction of sp³-hybridized carbons (Fsp3) is 0.538. The molecule has 5 nitrogen and oxygen atoms in total. The predicted octanol–water partition coefficient (Wildman–Crippen LogP) is 1.56. The monoisotopic (exact) mass is 302 g/mol. The summed E-state index contributed by atoms with van der Waals surface area (Å²) in [4.78, 5) is 0.0177. The van der Waals surface area contributed by atoms with E-state index < -0.39 is 21.4 Å². The topological polar surface area (TPSA) is 81.4 Å². The van der Waals surface area contributed by atoms with Crippen LogP contribution in [0.5, 0.6) is 0 Å². The van der Waals surface area contributed by atoms with E-state index in [1.165, 1.54) is 0 Å². The molecule has 1 aromatic rings. The summed E-state index contributed by atoms with van der Waals surface area (Å²) >= 11 is 0. The third-order valence-electron chi connectivity index (χ3n) is 3.56. The maximum absolute atomic E-state index is 13.3. The minimum atomic E-state index is -3.74. The fourth-order valence-electron chi connectivity index (χ4n) is 2.26. The highest BCUT2D eigenvalue weighted by atomic mass is 32.2. The van der Waals surface area contributed by atoms with Crippen LogP contribution in [0.4, 0.5) is 10.1 Å². The van der Waals surface area contributed by atoms with Crippen molar-refractivity contribution in [3.8, 4) is 0 Å². The Morgan fingerprint density at radius 2 is 1.95 bits per heavy atom.